The van der Waals surface area contributed by atoms with Crippen LogP contribution >= 0.6 is 0 Å². The molecular weight excluding hydrogens is 322 g/mol. The molecule has 0 unspecified atom stereocenters. The average molecular weight is 341 g/mol. The molecule has 1 aliphatic heterocycles. The van der Waals surface area contributed by atoms with E-state index in [1.165, 1.54) is 0 Å². The third kappa shape index (κ3) is 3.74. The topological polar surface area (TPSA) is 65.1 Å². The molecule has 2 aromatic carbocycles. The van der Waals surface area contributed by atoms with Crippen LogP contribution in [0, 0.1) is 5.92 Å². The van der Waals surface area contributed by atoms with Crippen LogP contribution in [-0.2, 0) is 9.59 Å². The molecule has 25 heavy (non-hydrogen) atoms. The summed E-state index contributed by atoms with van der Waals surface area (Å²) in [4.78, 5) is 26.2. The molecule has 0 spiro atoms. The van der Waals surface area contributed by atoms with Crippen molar-refractivity contribution >= 4 is 17.6 Å². The quantitative estimate of drug-likeness (QED) is 0.618. The standard InChI is InChI=1S/C19H19NO5/c1-23-15-5-3-14(4-6-15)20-12-13(11-18(20)21)19(22)25-17-9-7-16(24-2)8-10-17/h3-10,13H,11-12H2,1-2H3/t13-/m0/s1. The third-order valence-corrected chi connectivity index (χ3v) is 4.12. The first-order chi connectivity index (χ1) is 12.1. The second-order valence-electron chi connectivity index (χ2n) is 5.70. The number of esters is 1. The fraction of sp³-hybridized carbons (Fsp3) is 0.263. The number of amides is 1. The Labute approximate surface area is 145 Å². The van der Waals surface area contributed by atoms with Gasteiger partial charge in [-0.1, -0.05) is 0 Å². The van der Waals surface area contributed by atoms with Gasteiger partial charge < -0.3 is 19.1 Å². The van der Waals surface area contributed by atoms with Crippen molar-refractivity contribution in [2.75, 3.05) is 25.7 Å². The molecule has 1 atom stereocenters. The molecule has 1 saturated heterocycles. The van der Waals surface area contributed by atoms with Crippen LogP contribution in [-0.4, -0.2) is 32.6 Å². The summed E-state index contributed by atoms with van der Waals surface area (Å²) in [7, 11) is 3.15. The molecule has 2 aromatic rings. The highest BCUT2D eigenvalue weighted by atomic mass is 16.5. The van der Waals surface area contributed by atoms with E-state index in [4.69, 9.17) is 14.2 Å². The minimum absolute atomic E-state index is 0.0955. The van der Waals surface area contributed by atoms with Gasteiger partial charge >= 0.3 is 5.97 Å². The number of ether oxygens (including phenoxy) is 3. The molecule has 0 bridgehead atoms. The van der Waals surface area contributed by atoms with Crippen LogP contribution in [0.1, 0.15) is 6.42 Å². The van der Waals surface area contributed by atoms with Crippen LogP contribution in [0.25, 0.3) is 0 Å². The Hall–Kier alpha value is -3.02. The maximum Gasteiger partial charge on any atom is 0.316 e. The van der Waals surface area contributed by atoms with E-state index in [1.807, 2.05) is 0 Å². The molecule has 1 amide bonds. The Morgan fingerprint density at radius 1 is 0.920 bits per heavy atom. The Morgan fingerprint density at radius 2 is 1.44 bits per heavy atom. The van der Waals surface area contributed by atoms with Gasteiger partial charge in [0.15, 0.2) is 0 Å². The maximum atomic E-state index is 12.3. The maximum absolute atomic E-state index is 12.3. The van der Waals surface area contributed by atoms with E-state index in [0.29, 0.717) is 23.8 Å². The predicted molar refractivity (Wildman–Crippen MR) is 92.1 cm³/mol. The Kier molecular flexibility index (Phi) is 4.88. The number of hydrogen-bond acceptors (Lipinski definition) is 5. The van der Waals surface area contributed by atoms with E-state index in [-0.39, 0.29) is 12.3 Å². The molecule has 1 aliphatic rings. The molecule has 3 rings (SSSR count). The van der Waals surface area contributed by atoms with Crippen molar-refractivity contribution in [2.24, 2.45) is 5.92 Å². The third-order valence-electron chi connectivity index (χ3n) is 4.12. The lowest BCUT2D eigenvalue weighted by atomic mass is 10.1. The minimum Gasteiger partial charge on any atom is -0.497 e. The second-order valence-corrected chi connectivity index (χ2v) is 5.70. The van der Waals surface area contributed by atoms with E-state index in [1.54, 1.807) is 67.7 Å². The highest BCUT2D eigenvalue weighted by Gasteiger charge is 2.36. The zero-order valence-corrected chi connectivity index (χ0v) is 14.1. The first kappa shape index (κ1) is 16.8. The molecule has 0 aliphatic carbocycles. The number of carbonyl (C=O) groups excluding carboxylic acids is 2. The van der Waals surface area contributed by atoms with Gasteiger partial charge in [-0.2, -0.15) is 0 Å². The first-order valence-corrected chi connectivity index (χ1v) is 7.91. The number of rotatable bonds is 5. The van der Waals surface area contributed by atoms with Gasteiger partial charge in [-0.15, -0.1) is 0 Å². The molecule has 0 saturated carbocycles. The van der Waals surface area contributed by atoms with Crippen LogP contribution in [0.2, 0.25) is 0 Å². The van der Waals surface area contributed by atoms with Gasteiger partial charge in [-0.25, -0.2) is 0 Å². The molecule has 6 heteroatoms. The van der Waals surface area contributed by atoms with Crippen molar-refractivity contribution in [1.82, 2.24) is 0 Å². The zero-order chi connectivity index (χ0) is 17.8. The molecule has 1 heterocycles. The summed E-state index contributed by atoms with van der Waals surface area (Å²) in [6, 6.07) is 13.9. The molecule has 6 nitrogen and oxygen atoms in total. The molecule has 1 fully saturated rings. The molecule has 0 radical (unpaired) electrons. The van der Waals surface area contributed by atoms with Gasteiger partial charge in [-0.05, 0) is 48.5 Å². The van der Waals surface area contributed by atoms with Gasteiger partial charge in [0.05, 0.1) is 20.1 Å². The number of anilines is 1. The average Bonchev–Trinajstić information content (AvgIpc) is 3.04. The SMILES string of the molecule is COc1ccc(OC(=O)[C@H]2CC(=O)N(c3ccc(OC)cc3)C2)cc1. The lowest BCUT2D eigenvalue weighted by Crippen LogP contribution is -2.27. The second kappa shape index (κ2) is 7.25. The van der Waals surface area contributed by atoms with E-state index < -0.39 is 11.9 Å². The molecule has 0 N–H and O–H groups in total. The van der Waals surface area contributed by atoms with E-state index in [2.05, 4.69) is 0 Å². The Morgan fingerprint density at radius 3 is 2.00 bits per heavy atom. The van der Waals surface area contributed by atoms with Crippen LogP contribution in [0.5, 0.6) is 17.2 Å². The van der Waals surface area contributed by atoms with E-state index >= 15 is 0 Å². The predicted octanol–water partition coefficient (Wildman–Crippen LogP) is 2.66. The van der Waals surface area contributed by atoms with Crippen LogP contribution < -0.4 is 19.1 Å². The summed E-state index contributed by atoms with van der Waals surface area (Å²) in [6.07, 6.45) is 0.140. The number of nitrogens with zero attached hydrogens (tertiary/aromatic N) is 1. The highest BCUT2D eigenvalue weighted by Crippen LogP contribution is 2.28. The Bertz CT molecular complexity index is 754. The van der Waals surface area contributed by atoms with Gasteiger partial charge in [-0.3, -0.25) is 9.59 Å². The van der Waals surface area contributed by atoms with Gasteiger partial charge in [0, 0.05) is 18.7 Å². The zero-order valence-electron chi connectivity index (χ0n) is 14.1. The van der Waals surface area contributed by atoms with E-state index in [0.717, 1.165) is 5.69 Å². The highest BCUT2D eigenvalue weighted by molar-refractivity contribution is 5.99. The van der Waals surface area contributed by atoms with Crippen molar-refractivity contribution in [1.29, 1.82) is 0 Å². The summed E-state index contributed by atoms with van der Waals surface area (Å²) >= 11 is 0. The number of methoxy groups -OCH3 is 2. The Balaban J connectivity index is 1.65. The number of carbonyl (C=O) groups is 2. The number of benzene rings is 2. The minimum atomic E-state index is -0.489. The molecular formula is C19H19NO5. The smallest absolute Gasteiger partial charge is 0.316 e. The molecule has 0 aromatic heterocycles. The summed E-state index contributed by atoms with van der Waals surface area (Å²) in [5, 5.41) is 0. The summed E-state index contributed by atoms with van der Waals surface area (Å²) in [6.45, 7) is 0.306. The van der Waals surface area contributed by atoms with Crippen molar-refractivity contribution in [3.05, 3.63) is 48.5 Å². The summed E-state index contributed by atoms with van der Waals surface area (Å²) in [5.74, 6) is 0.835. The van der Waals surface area contributed by atoms with Crippen molar-refractivity contribution < 1.29 is 23.8 Å². The monoisotopic (exact) mass is 341 g/mol. The van der Waals surface area contributed by atoms with E-state index in [9.17, 15) is 9.59 Å². The van der Waals surface area contributed by atoms with Crippen LogP contribution in [0.4, 0.5) is 5.69 Å². The number of hydrogen-bond donors (Lipinski definition) is 0. The molecule has 130 valence electrons. The van der Waals surface area contributed by atoms with Crippen LogP contribution in [0.15, 0.2) is 48.5 Å². The van der Waals surface area contributed by atoms with Gasteiger partial charge in [0.1, 0.15) is 17.2 Å². The van der Waals surface area contributed by atoms with Crippen molar-refractivity contribution in [3.8, 4) is 17.2 Å². The van der Waals surface area contributed by atoms with Gasteiger partial charge in [0.25, 0.3) is 0 Å². The van der Waals surface area contributed by atoms with Crippen LogP contribution in [0.3, 0.4) is 0 Å². The lowest BCUT2D eigenvalue weighted by molar-refractivity contribution is -0.139. The summed E-state index contributed by atoms with van der Waals surface area (Å²) < 4.78 is 15.6. The normalized spacial score (nSPS) is 16.6. The van der Waals surface area contributed by atoms with Crippen molar-refractivity contribution in [3.63, 3.8) is 0 Å². The lowest BCUT2D eigenvalue weighted by Gasteiger charge is -2.16. The summed E-state index contributed by atoms with van der Waals surface area (Å²) in [5.41, 5.74) is 0.741. The fourth-order valence-corrected chi connectivity index (χ4v) is 2.72. The first-order valence-electron chi connectivity index (χ1n) is 7.91. The van der Waals surface area contributed by atoms with Gasteiger partial charge in [0.2, 0.25) is 5.91 Å². The largest absolute Gasteiger partial charge is 0.497 e. The fourth-order valence-electron chi connectivity index (χ4n) is 2.72. The van der Waals surface area contributed by atoms with Crippen molar-refractivity contribution in [2.45, 2.75) is 6.42 Å².